The molecule has 0 bridgehead atoms. The van der Waals surface area contributed by atoms with Crippen molar-refractivity contribution < 1.29 is 5.21 Å². The number of nitrogens with zero attached hydrogens (tertiary/aromatic N) is 2. The first kappa shape index (κ1) is 12.8. The topological polar surface area (TPSA) is 71.5 Å². The van der Waals surface area contributed by atoms with Gasteiger partial charge in [-0.15, -0.1) is 0 Å². The number of rotatable bonds is 1. The lowest BCUT2D eigenvalue weighted by Gasteiger charge is -2.12. The highest BCUT2D eigenvalue weighted by Crippen LogP contribution is 2.37. The molecular formula is C18H15N3O. The van der Waals surface area contributed by atoms with E-state index >= 15 is 0 Å². The maximum atomic E-state index is 8.99. The Labute approximate surface area is 127 Å². The Hall–Kier alpha value is -2.88. The summed E-state index contributed by atoms with van der Waals surface area (Å²) in [5.41, 5.74) is 11.3. The van der Waals surface area contributed by atoms with Gasteiger partial charge in [-0.1, -0.05) is 47.6 Å². The first-order chi connectivity index (χ1) is 10.8. The van der Waals surface area contributed by atoms with Gasteiger partial charge in [-0.2, -0.15) is 0 Å². The van der Waals surface area contributed by atoms with Gasteiger partial charge in [-0.3, -0.25) is 4.98 Å². The molecule has 0 saturated heterocycles. The van der Waals surface area contributed by atoms with Crippen molar-refractivity contribution in [2.45, 2.75) is 12.8 Å². The fourth-order valence-corrected chi connectivity index (χ4v) is 3.31. The van der Waals surface area contributed by atoms with Gasteiger partial charge in [-0.05, 0) is 34.9 Å². The molecular weight excluding hydrogens is 274 g/mol. The fraction of sp³-hybridized carbons (Fsp3) is 0.111. The van der Waals surface area contributed by atoms with Crippen molar-refractivity contribution in [2.75, 3.05) is 0 Å². The SMILES string of the molecule is N/C(=N\O)c1ncc2c3c(cccc13)CCc1ccccc1-2. The number of nitrogens with two attached hydrogens (primary N) is 1. The third-order valence-corrected chi connectivity index (χ3v) is 4.32. The monoisotopic (exact) mass is 289 g/mol. The fourth-order valence-electron chi connectivity index (χ4n) is 3.31. The number of amidine groups is 1. The summed E-state index contributed by atoms with van der Waals surface area (Å²) in [6, 6.07) is 14.6. The molecule has 22 heavy (non-hydrogen) atoms. The predicted octanol–water partition coefficient (Wildman–Crippen LogP) is 3.09. The van der Waals surface area contributed by atoms with E-state index in [-0.39, 0.29) is 5.84 Å². The smallest absolute Gasteiger partial charge is 0.189 e. The molecule has 0 fully saturated rings. The molecule has 1 aliphatic rings. The van der Waals surface area contributed by atoms with Crippen molar-refractivity contribution >= 4 is 16.6 Å². The highest BCUT2D eigenvalue weighted by Gasteiger charge is 2.19. The quantitative estimate of drug-likeness (QED) is 0.313. The minimum absolute atomic E-state index is 0.0428. The van der Waals surface area contributed by atoms with E-state index in [1.807, 2.05) is 18.3 Å². The third kappa shape index (κ3) is 1.77. The molecule has 0 radical (unpaired) electrons. The third-order valence-electron chi connectivity index (χ3n) is 4.32. The molecule has 2 aromatic carbocycles. The number of pyridine rings is 1. The minimum Gasteiger partial charge on any atom is -0.409 e. The average molecular weight is 289 g/mol. The molecule has 4 rings (SSSR count). The van der Waals surface area contributed by atoms with E-state index < -0.39 is 0 Å². The molecule has 108 valence electrons. The first-order valence-corrected chi connectivity index (χ1v) is 7.26. The summed E-state index contributed by atoms with van der Waals surface area (Å²) < 4.78 is 0. The van der Waals surface area contributed by atoms with Crippen LogP contribution in [0.2, 0.25) is 0 Å². The Morgan fingerprint density at radius 2 is 1.77 bits per heavy atom. The Kier molecular flexibility index (Phi) is 2.82. The van der Waals surface area contributed by atoms with Crippen LogP contribution < -0.4 is 5.73 Å². The summed E-state index contributed by atoms with van der Waals surface area (Å²) in [6.45, 7) is 0. The molecule has 1 aliphatic carbocycles. The molecule has 1 aromatic heterocycles. The van der Waals surface area contributed by atoms with Crippen LogP contribution in [0.25, 0.3) is 21.9 Å². The summed E-state index contributed by atoms with van der Waals surface area (Å²) in [7, 11) is 0. The molecule has 0 spiro atoms. The van der Waals surface area contributed by atoms with Crippen molar-refractivity contribution in [1.82, 2.24) is 4.98 Å². The van der Waals surface area contributed by atoms with Crippen molar-refractivity contribution in [1.29, 1.82) is 0 Å². The van der Waals surface area contributed by atoms with Crippen LogP contribution in [-0.2, 0) is 12.8 Å². The van der Waals surface area contributed by atoms with Gasteiger partial charge < -0.3 is 10.9 Å². The molecule has 4 heteroatoms. The van der Waals surface area contributed by atoms with E-state index in [9.17, 15) is 0 Å². The number of benzene rings is 2. The Balaban J connectivity index is 2.14. The molecule has 0 saturated carbocycles. The first-order valence-electron chi connectivity index (χ1n) is 7.26. The molecule has 3 aromatic rings. The average Bonchev–Trinajstić information content (AvgIpc) is 2.74. The van der Waals surface area contributed by atoms with Crippen LogP contribution >= 0.6 is 0 Å². The normalized spacial score (nSPS) is 13.7. The zero-order chi connectivity index (χ0) is 15.1. The van der Waals surface area contributed by atoms with E-state index in [2.05, 4.69) is 40.5 Å². The van der Waals surface area contributed by atoms with Crippen molar-refractivity contribution in [3.63, 3.8) is 0 Å². The maximum absolute atomic E-state index is 8.99. The van der Waals surface area contributed by atoms with E-state index in [0.29, 0.717) is 5.69 Å². The summed E-state index contributed by atoms with van der Waals surface area (Å²) in [6.07, 6.45) is 3.81. The number of aryl methyl sites for hydroxylation is 2. The highest BCUT2D eigenvalue weighted by molar-refractivity contribution is 6.11. The van der Waals surface area contributed by atoms with Gasteiger partial charge in [0.1, 0.15) is 5.69 Å². The van der Waals surface area contributed by atoms with Crippen molar-refractivity contribution in [3.8, 4) is 11.1 Å². The van der Waals surface area contributed by atoms with Gasteiger partial charge >= 0.3 is 0 Å². The van der Waals surface area contributed by atoms with Crippen LogP contribution in [0.5, 0.6) is 0 Å². The number of hydrogen-bond donors (Lipinski definition) is 2. The summed E-state index contributed by atoms with van der Waals surface area (Å²) in [4.78, 5) is 4.45. The Morgan fingerprint density at radius 3 is 2.64 bits per heavy atom. The molecule has 0 atom stereocenters. The molecule has 1 heterocycles. The Morgan fingerprint density at radius 1 is 1.00 bits per heavy atom. The molecule has 0 unspecified atom stereocenters. The largest absolute Gasteiger partial charge is 0.409 e. The number of oxime groups is 1. The van der Waals surface area contributed by atoms with Crippen LogP contribution in [0.4, 0.5) is 0 Å². The summed E-state index contributed by atoms with van der Waals surface area (Å²) >= 11 is 0. The van der Waals surface area contributed by atoms with E-state index in [1.54, 1.807) is 0 Å². The van der Waals surface area contributed by atoms with Crippen molar-refractivity contribution in [2.24, 2.45) is 10.9 Å². The van der Waals surface area contributed by atoms with Gasteiger partial charge in [0.2, 0.25) is 0 Å². The zero-order valence-electron chi connectivity index (χ0n) is 12.0. The van der Waals surface area contributed by atoms with E-state index in [4.69, 9.17) is 10.9 Å². The van der Waals surface area contributed by atoms with E-state index in [0.717, 1.165) is 29.2 Å². The lowest BCUT2D eigenvalue weighted by molar-refractivity contribution is 0.318. The summed E-state index contributed by atoms with van der Waals surface area (Å²) in [5.74, 6) is 0.0428. The van der Waals surface area contributed by atoms with Crippen LogP contribution in [0.15, 0.2) is 53.8 Å². The second-order valence-electron chi connectivity index (χ2n) is 5.50. The predicted molar refractivity (Wildman–Crippen MR) is 87.1 cm³/mol. The molecule has 4 nitrogen and oxygen atoms in total. The molecule has 0 amide bonds. The standard InChI is InChI=1S/C18H15N3O/c19-18(21-22)17-14-7-3-5-12-9-8-11-4-1-2-6-13(11)15(10-20-17)16(12)14/h1-7,10,22H,8-9H2,(H2,19,21). The number of hydrogen-bond acceptors (Lipinski definition) is 3. The van der Waals surface area contributed by atoms with Crippen LogP contribution in [0, 0.1) is 0 Å². The Bertz CT molecular complexity index is 915. The van der Waals surface area contributed by atoms with Crippen LogP contribution in [0.3, 0.4) is 0 Å². The molecule has 3 N–H and O–H groups in total. The van der Waals surface area contributed by atoms with E-state index in [1.165, 1.54) is 16.7 Å². The van der Waals surface area contributed by atoms with Gasteiger partial charge in [-0.25, -0.2) is 0 Å². The van der Waals surface area contributed by atoms with Gasteiger partial charge in [0.25, 0.3) is 0 Å². The number of fused-ring (bicyclic) bond motifs is 2. The van der Waals surface area contributed by atoms with Gasteiger partial charge in [0, 0.05) is 17.1 Å². The second kappa shape index (κ2) is 4.84. The highest BCUT2D eigenvalue weighted by atomic mass is 16.4. The van der Waals surface area contributed by atoms with Crippen LogP contribution in [0.1, 0.15) is 16.8 Å². The van der Waals surface area contributed by atoms with Gasteiger partial charge in [0.15, 0.2) is 5.84 Å². The van der Waals surface area contributed by atoms with Crippen LogP contribution in [-0.4, -0.2) is 16.0 Å². The second-order valence-corrected chi connectivity index (χ2v) is 5.50. The number of aromatic nitrogens is 1. The van der Waals surface area contributed by atoms with Gasteiger partial charge in [0.05, 0.1) is 0 Å². The lowest BCUT2D eigenvalue weighted by atomic mass is 9.95. The summed E-state index contributed by atoms with van der Waals surface area (Å²) in [5, 5.41) is 14.2. The molecule has 0 aliphatic heterocycles. The maximum Gasteiger partial charge on any atom is 0.189 e. The minimum atomic E-state index is 0.0428. The van der Waals surface area contributed by atoms with Crippen molar-refractivity contribution in [3.05, 3.63) is 65.5 Å². The zero-order valence-corrected chi connectivity index (χ0v) is 12.0. The lowest BCUT2D eigenvalue weighted by Crippen LogP contribution is -2.15.